The molecule has 0 spiro atoms. The fourth-order valence-electron chi connectivity index (χ4n) is 1.05. The fraction of sp³-hybridized carbons (Fsp3) is 0.333. The molecule has 0 fully saturated rings. The van der Waals surface area contributed by atoms with Crippen LogP contribution < -0.4 is 5.32 Å². The molecule has 3 nitrogen and oxygen atoms in total. The lowest BCUT2D eigenvalue weighted by molar-refractivity contribution is 0.101. The van der Waals surface area contributed by atoms with E-state index >= 15 is 0 Å². The third-order valence-electron chi connectivity index (χ3n) is 1.69. The molecule has 0 atom stereocenters. The number of nitrogens with zero attached hydrogens (tertiary/aromatic N) is 1. The molecule has 0 aliphatic carbocycles. The highest BCUT2D eigenvalue weighted by Crippen LogP contribution is 2.14. The van der Waals surface area contributed by atoms with Gasteiger partial charge in [0.2, 0.25) is 0 Å². The number of rotatable bonds is 2. The van der Waals surface area contributed by atoms with Gasteiger partial charge in [-0.3, -0.25) is 9.78 Å². The van der Waals surface area contributed by atoms with Crippen LogP contribution in [0.1, 0.15) is 23.0 Å². The van der Waals surface area contributed by atoms with Gasteiger partial charge in [-0.25, -0.2) is 0 Å². The second-order valence-corrected chi connectivity index (χ2v) is 2.68. The largest absolute Gasteiger partial charge is 0.386 e. The molecule has 0 saturated heterocycles. The molecule has 1 aromatic rings. The molecule has 0 aliphatic heterocycles. The molecule has 1 rings (SSSR count). The molecule has 1 heterocycles. The summed E-state index contributed by atoms with van der Waals surface area (Å²) < 4.78 is 0. The number of nitrogens with one attached hydrogen (secondary N) is 1. The number of carbonyl (C=O) groups excluding carboxylic acids is 1. The Morgan fingerprint density at radius 3 is 2.75 bits per heavy atom. The number of aryl methyl sites for hydroxylation is 1. The summed E-state index contributed by atoms with van der Waals surface area (Å²) in [7, 11) is 1.78. The van der Waals surface area contributed by atoms with Crippen LogP contribution in [0.3, 0.4) is 0 Å². The van der Waals surface area contributed by atoms with E-state index in [2.05, 4.69) is 10.3 Å². The summed E-state index contributed by atoms with van der Waals surface area (Å²) in [5.41, 5.74) is 2.34. The van der Waals surface area contributed by atoms with E-state index in [-0.39, 0.29) is 5.78 Å². The highest BCUT2D eigenvalue weighted by atomic mass is 16.1. The van der Waals surface area contributed by atoms with Crippen molar-refractivity contribution in [3.8, 4) is 0 Å². The highest BCUT2D eigenvalue weighted by Gasteiger charge is 2.05. The number of hydrogen-bond donors (Lipinski definition) is 1. The molecule has 0 unspecified atom stereocenters. The van der Waals surface area contributed by atoms with Crippen molar-refractivity contribution in [2.45, 2.75) is 13.8 Å². The normalized spacial score (nSPS) is 9.58. The highest BCUT2D eigenvalue weighted by molar-refractivity contribution is 5.99. The number of hydrogen-bond acceptors (Lipinski definition) is 3. The van der Waals surface area contributed by atoms with Gasteiger partial charge in [0.15, 0.2) is 5.78 Å². The lowest BCUT2D eigenvalue weighted by atomic mass is 10.1. The van der Waals surface area contributed by atoms with E-state index in [0.717, 1.165) is 11.4 Å². The summed E-state index contributed by atoms with van der Waals surface area (Å²) in [5.74, 6) is 0.0600. The van der Waals surface area contributed by atoms with Crippen LogP contribution in [0.25, 0.3) is 0 Å². The SMILES string of the molecule is CNc1cnc(C)cc1C(C)=O. The van der Waals surface area contributed by atoms with Gasteiger partial charge in [0, 0.05) is 18.3 Å². The van der Waals surface area contributed by atoms with Crippen LogP contribution in [0.2, 0.25) is 0 Å². The van der Waals surface area contributed by atoms with E-state index in [1.165, 1.54) is 0 Å². The predicted molar refractivity (Wildman–Crippen MR) is 48.5 cm³/mol. The summed E-state index contributed by atoms with van der Waals surface area (Å²) in [4.78, 5) is 15.2. The van der Waals surface area contributed by atoms with Crippen LogP contribution in [0.15, 0.2) is 12.3 Å². The molecule has 0 saturated carbocycles. The monoisotopic (exact) mass is 164 g/mol. The minimum absolute atomic E-state index is 0.0600. The van der Waals surface area contributed by atoms with Crippen LogP contribution in [0.4, 0.5) is 5.69 Å². The molecule has 0 bridgehead atoms. The zero-order chi connectivity index (χ0) is 9.14. The summed E-state index contributed by atoms with van der Waals surface area (Å²) in [5, 5.41) is 2.92. The van der Waals surface area contributed by atoms with Crippen molar-refractivity contribution >= 4 is 11.5 Å². The quantitative estimate of drug-likeness (QED) is 0.675. The van der Waals surface area contributed by atoms with Gasteiger partial charge in [-0.15, -0.1) is 0 Å². The number of ketones is 1. The van der Waals surface area contributed by atoms with Crippen molar-refractivity contribution in [2.75, 3.05) is 12.4 Å². The van der Waals surface area contributed by atoms with E-state index in [4.69, 9.17) is 0 Å². The molecule has 0 aromatic carbocycles. The maximum atomic E-state index is 11.1. The Morgan fingerprint density at radius 1 is 1.58 bits per heavy atom. The van der Waals surface area contributed by atoms with E-state index in [1.54, 1.807) is 26.2 Å². The standard InChI is InChI=1S/C9H12N2O/c1-6-4-8(7(2)12)9(10-3)5-11-6/h4-5,10H,1-3H3. The third-order valence-corrected chi connectivity index (χ3v) is 1.69. The maximum absolute atomic E-state index is 11.1. The van der Waals surface area contributed by atoms with Gasteiger partial charge in [-0.05, 0) is 19.9 Å². The van der Waals surface area contributed by atoms with Gasteiger partial charge in [0.25, 0.3) is 0 Å². The molecule has 3 heteroatoms. The fourth-order valence-corrected chi connectivity index (χ4v) is 1.05. The minimum atomic E-state index is 0.0600. The second-order valence-electron chi connectivity index (χ2n) is 2.68. The van der Waals surface area contributed by atoms with Crippen molar-refractivity contribution < 1.29 is 4.79 Å². The van der Waals surface area contributed by atoms with Gasteiger partial charge < -0.3 is 5.32 Å². The van der Waals surface area contributed by atoms with Crippen LogP contribution in [0, 0.1) is 6.92 Å². The molecule has 12 heavy (non-hydrogen) atoms. The van der Waals surface area contributed by atoms with Gasteiger partial charge in [-0.1, -0.05) is 0 Å². The Bertz CT molecular complexity index is 307. The zero-order valence-corrected chi connectivity index (χ0v) is 7.51. The first-order valence-electron chi connectivity index (χ1n) is 3.80. The first-order chi connectivity index (χ1) is 5.65. The lowest BCUT2D eigenvalue weighted by Gasteiger charge is -2.05. The van der Waals surface area contributed by atoms with Crippen molar-refractivity contribution in [3.05, 3.63) is 23.5 Å². The summed E-state index contributed by atoms with van der Waals surface area (Å²) >= 11 is 0. The van der Waals surface area contributed by atoms with Crippen molar-refractivity contribution in [1.29, 1.82) is 0 Å². The van der Waals surface area contributed by atoms with E-state index in [1.807, 2.05) is 6.92 Å². The molecule has 0 radical (unpaired) electrons. The smallest absolute Gasteiger partial charge is 0.162 e. The molecule has 64 valence electrons. The lowest BCUT2D eigenvalue weighted by Crippen LogP contribution is -2.01. The predicted octanol–water partition coefficient (Wildman–Crippen LogP) is 1.63. The summed E-state index contributed by atoms with van der Waals surface area (Å²) in [6.45, 7) is 3.42. The molecular formula is C9H12N2O. The number of aromatic nitrogens is 1. The molecular weight excluding hydrogens is 152 g/mol. The number of carbonyl (C=O) groups is 1. The number of anilines is 1. The summed E-state index contributed by atoms with van der Waals surface area (Å²) in [6, 6.07) is 1.79. The third kappa shape index (κ3) is 1.61. The Morgan fingerprint density at radius 2 is 2.25 bits per heavy atom. The van der Waals surface area contributed by atoms with Gasteiger partial charge in [0.05, 0.1) is 11.9 Å². The van der Waals surface area contributed by atoms with Crippen LogP contribution in [0.5, 0.6) is 0 Å². The zero-order valence-electron chi connectivity index (χ0n) is 7.51. The number of Topliss-reactive ketones (excluding diaryl/α,β-unsaturated/α-hetero) is 1. The maximum Gasteiger partial charge on any atom is 0.162 e. The Hall–Kier alpha value is -1.38. The average molecular weight is 164 g/mol. The van der Waals surface area contributed by atoms with E-state index < -0.39 is 0 Å². The van der Waals surface area contributed by atoms with Crippen molar-refractivity contribution in [3.63, 3.8) is 0 Å². The average Bonchev–Trinajstić information content (AvgIpc) is 2.04. The second kappa shape index (κ2) is 3.34. The Labute approximate surface area is 71.8 Å². The van der Waals surface area contributed by atoms with Gasteiger partial charge in [-0.2, -0.15) is 0 Å². The van der Waals surface area contributed by atoms with E-state index in [0.29, 0.717) is 5.56 Å². The van der Waals surface area contributed by atoms with Crippen molar-refractivity contribution in [1.82, 2.24) is 4.98 Å². The number of pyridine rings is 1. The first kappa shape index (κ1) is 8.71. The van der Waals surface area contributed by atoms with E-state index in [9.17, 15) is 4.79 Å². The molecule has 1 aromatic heterocycles. The first-order valence-corrected chi connectivity index (χ1v) is 3.80. The van der Waals surface area contributed by atoms with Crippen LogP contribution >= 0.6 is 0 Å². The van der Waals surface area contributed by atoms with Gasteiger partial charge >= 0.3 is 0 Å². The summed E-state index contributed by atoms with van der Waals surface area (Å²) in [6.07, 6.45) is 1.67. The molecule has 0 aliphatic rings. The van der Waals surface area contributed by atoms with Crippen LogP contribution in [-0.2, 0) is 0 Å². The van der Waals surface area contributed by atoms with Crippen LogP contribution in [-0.4, -0.2) is 17.8 Å². The molecule has 0 amide bonds. The Kier molecular flexibility index (Phi) is 2.43. The van der Waals surface area contributed by atoms with Crippen molar-refractivity contribution in [2.24, 2.45) is 0 Å². The topological polar surface area (TPSA) is 42.0 Å². The molecule has 1 N–H and O–H groups in total. The van der Waals surface area contributed by atoms with Gasteiger partial charge in [0.1, 0.15) is 0 Å². The minimum Gasteiger partial charge on any atom is -0.386 e. The Balaban J connectivity index is 3.21.